The fourth-order valence-corrected chi connectivity index (χ4v) is 2.75. The first kappa shape index (κ1) is 18.4. The van der Waals surface area contributed by atoms with Crippen LogP contribution in [0.25, 0.3) is 0 Å². The molecule has 1 saturated heterocycles. The standard InChI is InChI=1S/C15H21N3O3.ClH/c1-11-10-12(5-6-14(11)18(20)21)15(19)17(2)13-4-3-8-16-9-7-13;/h5-6,10,13,16H,3-4,7-9H2,1-2H3;1H. The van der Waals surface area contributed by atoms with Gasteiger partial charge in [-0.3, -0.25) is 14.9 Å². The quantitative estimate of drug-likeness (QED) is 0.683. The van der Waals surface area contributed by atoms with Gasteiger partial charge in [0.15, 0.2) is 0 Å². The van der Waals surface area contributed by atoms with E-state index in [9.17, 15) is 14.9 Å². The Morgan fingerprint density at radius 1 is 1.36 bits per heavy atom. The molecule has 1 amide bonds. The maximum atomic E-state index is 12.5. The number of carbonyl (C=O) groups excluding carboxylic acids is 1. The Morgan fingerprint density at radius 3 is 2.73 bits per heavy atom. The minimum Gasteiger partial charge on any atom is -0.339 e. The minimum atomic E-state index is -0.426. The van der Waals surface area contributed by atoms with Crippen LogP contribution in [0.5, 0.6) is 0 Å². The third-order valence-electron chi connectivity index (χ3n) is 4.05. The van der Waals surface area contributed by atoms with Crippen LogP contribution in [0.3, 0.4) is 0 Å². The van der Waals surface area contributed by atoms with Crippen molar-refractivity contribution in [3.63, 3.8) is 0 Å². The highest BCUT2D eigenvalue weighted by atomic mass is 35.5. The second kappa shape index (κ2) is 8.10. The van der Waals surface area contributed by atoms with Crippen LogP contribution in [0.15, 0.2) is 18.2 Å². The summed E-state index contributed by atoms with van der Waals surface area (Å²) in [6, 6.07) is 4.78. The zero-order valence-corrected chi connectivity index (χ0v) is 13.7. The molecule has 1 aliphatic rings. The molecule has 0 bridgehead atoms. The molecule has 22 heavy (non-hydrogen) atoms. The molecule has 6 nitrogen and oxygen atoms in total. The van der Waals surface area contributed by atoms with Crippen LogP contribution in [0.4, 0.5) is 5.69 Å². The summed E-state index contributed by atoms with van der Waals surface area (Å²) < 4.78 is 0. The van der Waals surface area contributed by atoms with E-state index < -0.39 is 4.92 Å². The number of halogens is 1. The molecule has 122 valence electrons. The zero-order valence-electron chi connectivity index (χ0n) is 12.9. The van der Waals surface area contributed by atoms with Crippen molar-refractivity contribution in [3.05, 3.63) is 39.4 Å². The second-order valence-corrected chi connectivity index (χ2v) is 5.51. The Balaban J connectivity index is 0.00000242. The molecule has 1 atom stereocenters. The Bertz CT molecular complexity index is 543. The molecule has 1 aromatic carbocycles. The number of amides is 1. The lowest BCUT2D eigenvalue weighted by molar-refractivity contribution is -0.385. The monoisotopic (exact) mass is 327 g/mol. The predicted octanol–water partition coefficient (Wildman–Crippen LogP) is 2.54. The van der Waals surface area contributed by atoms with E-state index in [0.717, 1.165) is 32.4 Å². The van der Waals surface area contributed by atoms with E-state index in [4.69, 9.17) is 0 Å². The number of nitrogens with one attached hydrogen (secondary N) is 1. The Kier molecular flexibility index (Phi) is 6.77. The number of hydrogen-bond donors (Lipinski definition) is 1. The summed E-state index contributed by atoms with van der Waals surface area (Å²) in [7, 11) is 1.81. The summed E-state index contributed by atoms with van der Waals surface area (Å²) in [5, 5.41) is 14.2. The fourth-order valence-electron chi connectivity index (χ4n) is 2.75. The van der Waals surface area contributed by atoms with Gasteiger partial charge in [0.05, 0.1) is 4.92 Å². The molecule has 1 aliphatic heterocycles. The number of nitro benzene ring substituents is 1. The van der Waals surface area contributed by atoms with Gasteiger partial charge in [-0.05, 0) is 51.4 Å². The first-order valence-electron chi connectivity index (χ1n) is 7.23. The van der Waals surface area contributed by atoms with Crippen molar-refractivity contribution in [1.29, 1.82) is 0 Å². The summed E-state index contributed by atoms with van der Waals surface area (Å²) in [5.41, 5.74) is 1.08. The van der Waals surface area contributed by atoms with Gasteiger partial charge in [0, 0.05) is 30.3 Å². The average molecular weight is 328 g/mol. The van der Waals surface area contributed by atoms with Crippen LogP contribution in [-0.2, 0) is 0 Å². The Hall–Kier alpha value is -1.66. The largest absolute Gasteiger partial charge is 0.339 e. The lowest BCUT2D eigenvalue weighted by Crippen LogP contribution is -2.37. The second-order valence-electron chi connectivity index (χ2n) is 5.51. The number of benzene rings is 1. The number of nitro groups is 1. The van der Waals surface area contributed by atoms with E-state index in [0.29, 0.717) is 11.1 Å². The third kappa shape index (κ3) is 4.18. The minimum absolute atomic E-state index is 0. The number of aryl methyl sites for hydroxylation is 1. The van der Waals surface area contributed by atoms with E-state index in [-0.39, 0.29) is 30.0 Å². The molecule has 1 aromatic rings. The highest BCUT2D eigenvalue weighted by molar-refractivity contribution is 5.94. The molecule has 0 aliphatic carbocycles. The first-order chi connectivity index (χ1) is 10.0. The van der Waals surface area contributed by atoms with Gasteiger partial charge in [-0.15, -0.1) is 12.4 Å². The van der Waals surface area contributed by atoms with Crippen molar-refractivity contribution < 1.29 is 9.72 Å². The van der Waals surface area contributed by atoms with Crippen LogP contribution in [-0.4, -0.2) is 41.9 Å². The first-order valence-corrected chi connectivity index (χ1v) is 7.23. The number of rotatable bonds is 3. The van der Waals surface area contributed by atoms with E-state index in [1.165, 1.54) is 6.07 Å². The van der Waals surface area contributed by atoms with Crippen LogP contribution in [0, 0.1) is 17.0 Å². The van der Waals surface area contributed by atoms with Crippen LogP contribution >= 0.6 is 12.4 Å². The van der Waals surface area contributed by atoms with Gasteiger partial charge >= 0.3 is 0 Å². The lowest BCUT2D eigenvalue weighted by Gasteiger charge is -2.27. The van der Waals surface area contributed by atoms with Crippen molar-refractivity contribution in [1.82, 2.24) is 10.2 Å². The van der Waals surface area contributed by atoms with Gasteiger partial charge in [-0.1, -0.05) is 0 Å². The summed E-state index contributed by atoms with van der Waals surface area (Å²) in [4.78, 5) is 24.7. The molecule has 0 saturated carbocycles. The van der Waals surface area contributed by atoms with E-state index in [1.807, 2.05) is 7.05 Å². The van der Waals surface area contributed by atoms with Crippen molar-refractivity contribution in [3.8, 4) is 0 Å². The van der Waals surface area contributed by atoms with Crippen molar-refractivity contribution in [2.24, 2.45) is 0 Å². The van der Waals surface area contributed by atoms with Crippen molar-refractivity contribution in [2.75, 3.05) is 20.1 Å². The van der Waals surface area contributed by atoms with Crippen molar-refractivity contribution in [2.45, 2.75) is 32.2 Å². The Morgan fingerprint density at radius 2 is 2.09 bits per heavy atom. The average Bonchev–Trinajstić information content (AvgIpc) is 2.74. The van der Waals surface area contributed by atoms with Gasteiger partial charge < -0.3 is 10.2 Å². The zero-order chi connectivity index (χ0) is 15.4. The molecule has 1 heterocycles. The molecular weight excluding hydrogens is 306 g/mol. The molecule has 2 rings (SSSR count). The lowest BCUT2D eigenvalue weighted by atomic mass is 10.0. The maximum absolute atomic E-state index is 12.5. The Labute approximate surface area is 136 Å². The SMILES string of the molecule is Cc1cc(C(=O)N(C)C2CCCNCC2)ccc1[N+](=O)[O-].Cl. The topological polar surface area (TPSA) is 75.5 Å². The van der Waals surface area contributed by atoms with Gasteiger partial charge in [0.2, 0.25) is 0 Å². The van der Waals surface area contributed by atoms with Gasteiger partial charge in [-0.25, -0.2) is 0 Å². The van der Waals surface area contributed by atoms with Crippen LogP contribution in [0.2, 0.25) is 0 Å². The smallest absolute Gasteiger partial charge is 0.272 e. The number of nitrogens with zero attached hydrogens (tertiary/aromatic N) is 2. The summed E-state index contributed by atoms with van der Waals surface area (Å²) in [6.07, 6.45) is 2.98. The number of hydrogen-bond acceptors (Lipinski definition) is 4. The van der Waals surface area contributed by atoms with E-state index in [2.05, 4.69) is 5.32 Å². The summed E-state index contributed by atoms with van der Waals surface area (Å²) in [6.45, 7) is 3.57. The molecule has 7 heteroatoms. The van der Waals surface area contributed by atoms with Crippen LogP contribution < -0.4 is 5.32 Å². The molecular formula is C15H22ClN3O3. The molecule has 0 radical (unpaired) electrons. The molecule has 0 spiro atoms. The third-order valence-corrected chi connectivity index (χ3v) is 4.05. The molecule has 1 fully saturated rings. The molecule has 0 aromatic heterocycles. The van der Waals surface area contributed by atoms with Gasteiger partial charge in [0.25, 0.3) is 11.6 Å². The molecule has 1 unspecified atom stereocenters. The van der Waals surface area contributed by atoms with Crippen molar-refractivity contribution >= 4 is 24.0 Å². The highest BCUT2D eigenvalue weighted by Crippen LogP contribution is 2.21. The summed E-state index contributed by atoms with van der Waals surface area (Å²) in [5.74, 6) is -0.0695. The maximum Gasteiger partial charge on any atom is 0.272 e. The predicted molar refractivity (Wildman–Crippen MR) is 87.7 cm³/mol. The van der Waals surface area contributed by atoms with E-state index in [1.54, 1.807) is 24.0 Å². The fraction of sp³-hybridized carbons (Fsp3) is 0.533. The van der Waals surface area contributed by atoms with Gasteiger partial charge in [0.1, 0.15) is 0 Å². The summed E-state index contributed by atoms with van der Waals surface area (Å²) >= 11 is 0. The number of carbonyl (C=O) groups is 1. The van der Waals surface area contributed by atoms with Gasteiger partial charge in [-0.2, -0.15) is 0 Å². The van der Waals surface area contributed by atoms with E-state index >= 15 is 0 Å². The molecule has 1 N–H and O–H groups in total. The normalized spacial score (nSPS) is 18.0. The van der Waals surface area contributed by atoms with Crippen LogP contribution in [0.1, 0.15) is 35.2 Å². The highest BCUT2D eigenvalue weighted by Gasteiger charge is 2.23.